The second kappa shape index (κ2) is 5.55. The van der Waals surface area contributed by atoms with Crippen molar-refractivity contribution in [3.05, 3.63) is 47.8 Å². The predicted molar refractivity (Wildman–Crippen MR) is 76.3 cm³/mol. The van der Waals surface area contributed by atoms with Crippen molar-refractivity contribution < 1.29 is 5.11 Å². The van der Waals surface area contributed by atoms with E-state index in [9.17, 15) is 5.11 Å². The van der Waals surface area contributed by atoms with Crippen LogP contribution in [-0.2, 0) is 6.54 Å². The number of aryl methyl sites for hydroxylation is 1. The van der Waals surface area contributed by atoms with Gasteiger partial charge >= 0.3 is 0 Å². The number of para-hydroxylation sites is 1. The first-order chi connectivity index (χ1) is 8.96. The van der Waals surface area contributed by atoms with Gasteiger partial charge in [0.25, 0.3) is 0 Å². The van der Waals surface area contributed by atoms with E-state index >= 15 is 0 Å². The Morgan fingerprint density at radius 3 is 2.58 bits per heavy atom. The minimum Gasteiger partial charge on any atom is -0.389 e. The highest BCUT2D eigenvalue weighted by atomic mass is 16.3. The molecule has 4 nitrogen and oxygen atoms in total. The number of hydrogen-bond donors (Lipinski definition) is 2. The summed E-state index contributed by atoms with van der Waals surface area (Å²) in [7, 11) is 0. The van der Waals surface area contributed by atoms with Crippen LogP contribution in [0.4, 0.5) is 0 Å². The maximum atomic E-state index is 9.66. The van der Waals surface area contributed by atoms with Gasteiger partial charge in [0.15, 0.2) is 0 Å². The maximum Gasteiger partial charge on any atom is 0.0715 e. The first kappa shape index (κ1) is 13.8. The Hall–Kier alpha value is -1.65. The number of nitrogens with one attached hydrogen (secondary N) is 1. The van der Waals surface area contributed by atoms with Crippen LogP contribution < -0.4 is 5.32 Å². The molecule has 102 valence electrons. The molecule has 0 amide bonds. The van der Waals surface area contributed by atoms with E-state index in [-0.39, 0.29) is 0 Å². The van der Waals surface area contributed by atoms with E-state index in [1.165, 1.54) is 0 Å². The van der Waals surface area contributed by atoms with E-state index in [1.807, 2.05) is 48.1 Å². The molecular weight excluding hydrogens is 238 g/mol. The van der Waals surface area contributed by atoms with Crippen molar-refractivity contribution >= 4 is 0 Å². The monoisotopic (exact) mass is 259 g/mol. The molecule has 0 aliphatic carbocycles. The normalized spacial score (nSPS) is 11.8. The molecule has 0 radical (unpaired) electrons. The number of benzene rings is 1. The lowest BCUT2D eigenvalue weighted by Gasteiger charge is -2.17. The third-order valence-electron chi connectivity index (χ3n) is 2.89. The highest BCUT2D eigenvalue weighted by molar-refractivity contribution is 5.32. The van der Waals surface area contributed by atoms with Crippen molar-refractivity contribution in [2.24, 2.45) is 0 Å². The van der Waals surface area contributed by atoms with Crippen molar-refractivity contribution in [1.82, 2.24) is 15.1 Å². The second-order valence-electron chi connectivity index (χ2n) is 5.44. The zero-order valence-electron chi connectivity index (χ0n) is 11.7. The minimum absolute atomic E-state index is 0.558. The lowest BCUT2D eigenvalue weighted by molar-refractivity contribution is 0.0795. The summed E-state index contributed by atoms with van der Waals surface area (Å²) < 4.78 is 1.89. The van der Waals surface area contributed by atoms with Crippen molar-refractivity contribution in [2.75, 3.05) is 6.54 Å². The molecule has 1 aromatic heterocycles. The summed E-state index contributed by atoms with van der Waals surface area (Å²) >= 11 is 0. The topological polar surface area (TPSA) is 50.1 Å². The van der Waals surface area contributed by atoms with Gasteiger partial charge in [-0.1, -0.05) is 18.2 Å². The van der Waals surface area contributed by atoms with Gasteiger partial charge in [0.2, 0.25) is 0 Å². The van der Waals surface area contributed by atoms with Gasteiger partial charge in [-0.25, -0.2) is 4.68 Å². The summed E-state index contributed by atoms with van der Waals surface area (Å²) in [6.45, 7) is 6.85. The standard InChI is InChI=1S/C15H21N3O/c1-12-13(9-16-11-15(2,3)19)10-18(17-12)14-7-5-4-6-8-14/h4-8,10,16,19H,9,11H2,1-3H3. The molecule has 2 rings (SSSR count). The number of hydrogen-bond acceptors (Lipinski definition) is 3. The van der Waals surface area contributed by atoms with Crippen LogP contribution in [-0.4, -0.2) is 27.0 Å². The third-order valence-corrected chi connectivity index (χ3v) is 2.89. The van der Waals surface area contributed by atoms with Crippen LogP contribution >= 0.6 is 0 Å². The zero-order valence-corrected chi connectivity index (χ0v) is 11.7. The molecule has 0 saturated heterocycles. The second-order valence-corrected chi connectivity index (χ2v) is 5.44. The molecule has 1 heterocycles. The molecule has 2 aromatic rings. The first-order valence-corrected chi connectivity index (χ1v) is 6.49. The average Bonchev–Trinajstić information content (AvgIpc) is 2.71. The van der Waals surface area contributed by atoms with Gasteiger partial charge in [0, 0.05) is 24.8 Å². The van der Waals surface area contributed by atoms with Crippen molar-refractivity contribution in [3.8, 4) is 5.69 Å². The van der Waals surface area contributed by atoms with Crippen LogP contribution in [0.15, 0.2) is 36.5 Å². The van der Waals surface area contributed by atoms with Gasteiger partial charge in [-0.05, 0) is 32.9 Å². The van der Waals surface area contributed by atoms with Crippen LogP contribution in [0.3, 0.4) is 0 Å². The summed E-state index contributed by atoms with van der Waals surface area (Å²) in [6, 6.07) is 10.0. The molecule has 0 unspecified atom stereocenters. The van der Waals surface area contributed by atoms with Crippen LogP contribution in [0, 0.1) is 6.92 Å². The Kier molecular flexibility index (Phi) is 4.02. The van der Waals surface area contributed by atoms with Gasteiger partial charge < -0.3 is 10.4 Å². The molecule has 0 aliphatic rings. The van der Waals surface area contributed by atoms with E-state index in [1.54, 1.807) is 13.8 Å². The van der Waals surface area contributed by atoms with Crippen molar-refractivity contribution in [3.63, 3.8) is 0 Å². The number of aromatic nitrogens is 2. The zero-order chi connectivity index (χ0) is 13.9. The molecule has 2 N–H and O–H groups in total. The molecule has 4 heteroatoms. The van der Waals surface area contributed by atoms with Gasteiger partial charge in [-0.3, -0.25) is 0 Å². The number of rotatable bonds is 5. The van der Waals surface area contributed by atoms with Gasteiger partial charge in [0.05, 0.1) is 17.0 Å². The molecule has 0 aliphatic heterocycles. The lowest BCUT2D eigenvalue weighted by atomic mass is 10.1. The molecule has 0 fully saturated rings. The van der Waals surface area contributed by atoms with Crippen LogP contribution in [0.25, 0.3) is 5.69 Å². The molecule has 0 atom stereocenters. The van der Waals surface area contributed by atoms with Gasteiger partial charge in [-0.2, -0.15) is 5.10 Å². The highest BCUT2D eigenvalue weighted by Crippen LogP contribution is 2.11. The maximum absolute atomic E-state index is 9.66. The van der Waals surface area contributed by atoms with Crippen LogP contribution in [0.2, 0.25) is 0 Å². The molecule has 0 spiro atoms. The quantitative estimate of drug-likeness (QED) is 0.864. The van der Waals surface area contributed by atoms with Crippen molar-refractivity contribution in [2.45, 2.75) is 32.9 Å². The summed E-state index contributed by atoms with van der Waals surface area (Å²) in [4.78, 5) is 0. The Morgan fingerprint density at radius 1 is 1.26 bits per heavy atom. The van der Waals surface area contributed by atoms with E-state index in [4.69, 9.17) is 0 Å². The fourth-order valence-electron chi connectivity index (χ4n) is 1.89. The largest absolute Gasteiger partial charge is 0.389 e. The fraction of sp³-hybridized carbons (Fsp3) is 0.400. The molecule has 19 heavy (non-hydrogen) atoms. The smallest absolute Gasteiger partial charge is 0.0715 e. The Morgan fingerprint density at radius 2 is 1.95 bits per heavy atom. The Balaban J connectivity index is 2.05. The Labute approximate surface area is 114 Å². The summed E-state index contributed by atoms with van der Waals surface area (Å²) in [5, 5.41) is 17.4. The third kappa shape index (κ3) is 3.91. The first-order valence-electron chi connectivity index (χ1n) is 6.49. The molecular formula is C15H21N3O. The number of aliphatic hydroxyl groups is 1. The summed E-state index contributed by atoms with van der Waals surface area (Å²) in [5.74, 6) is 0. The molecule has 0 bridgehead atoms. The molecule has 1 aromatic carbocycles. The van der Waals surface area contributed by atoms with E-state index in [2.05, 4.69) is 10.4 Å². The minimum atomic E-state index is -0.691. The number of nitrogens with zero attached hydrogens (tertiary/aromatic N) is 2. The fourth-order valence-corrected chi connectivity index (χ4v) is 1.89. The predicted octanol–water partition coefficient (Wildman–Crippen LogP) is 2.04. The highest BCUT2D eigenvalue weighted by Gasteiger charge is 2.12. The van der Waals surface area contributed by atoms with Crippen LogP contribution in [0.1, 0.15) is 25.1 Å². The van der Waals surface area contributed by atoms with Crippen molar-refractivity contribution in [1.29, 1.82) is 0 Å². The van der Waals surface area contributed by atoms with E-state index in [0.29, 0.717) is 13.1 Å². The van der Waals surface area contributed by atoms with Gasteiger partial charge in [0.1, 0.15) is 0 Å². The summed E-state index contributed by atoms with van der Waals surface area (Å²) in [5.41, 5.74) is 2.52. The SMILES string of the molecule is Cc1nn(-c2ccccc2)cc1CNCC(C)(C)O. The van der Waals surface area contributed by atoms with Crippen LogP contribution in [0.5, 0.6) is 0 Å². The Bertz CT molecular complexity index is 526. The van der Waals surface area contributed by atoms with Gasteiger partial charge in [-0.15, -0.1) is 0 Å². The average molecular weight is 259 g/mol. The summed E-state index contributed by atoms with van der Waals surface area (Å²) in [6.07, 6.45) is 2.03. The lowest BCUT2D eigenvalue weighted by Crippen LogP contribution is -2.34. The molecule has 0 saturated carbocycles. The van der Waals surface area contributed by atoms with E-state index < -0.39 is 5.60 Å². The van der Waals surface area contributed by atoms with E-state index in [0.717, 1.165) is 16.9 Å².